The van der Waals surface area contributed by atoms with Crippen LogP contribution in [0.3, 0.4) is 0 Å². The van der Waals surface area contributed by atoms with Crippen molar-refractivity contribution < 1.29 is 0 Å². The molecule has 0 spiro atoms. The van der Waals surface area contributed by atoms with Gasteiger partial charge >= 0.3 is 0 Å². The minimum absolute atomic E-state index is 0.535. The number of nitrogens with one attached hydrogen (secondary N) is 2. The first-order chi connectivity index (χ1) is 8.38. The highest BCUT2D eigenvalue weighted by atomic mass is 15.3. The van der Waals surface area contributed by atoms with Gasteiger partial charge in [0.25, 0.3) is 0 Å². The fraction of sp³-hybridized carbons (Fsp3) is 0.182. The lowest BCUT2D eigenvalue weighted by Crippen LogP contribution is -2.12. The number of aromatic nitrogens is 3. The van der Waals surface area contributed by atoms with Gasteiger partial charge in [0.05, 0.1) is 12.4 Å². The van der Waals surface area contributed by atoms with Crippen LogP contribution >= 0.6 is 0 Å². The summed E-state index contributed by atoms with van der Waals surface area (Å²) in [5.74, 6) is 6.47. The van der Waals surface area contributed by atoms with Gasteiger partial charge in [-0.2, -0.15) is 0 Å². The number of nitrogens with zero attached hydrogens (tertiary/aromatic N) is 3. The van der Waals surface area contributed by atoms with E-state index in [1.807, 2.05) is 18.2 Å². The second-order valence-corrected chi connectivity index (χ2v) is 3.43. The van der Waals surface area contributed by atoms with Crippen molar-refractivity contribution in [2.75, 3.05) is 17.3 Å². The number of hydrazine groups is 1. The Labute approximate surface area is 99.3 Å². The Kier molecular flexibility index (Phi) is 3.82. The molecule has 0 bridgehead atoms. The molecule has 2 aromatic heterocycles. The van der Waals surface area contributed by atoms with Crippen molar-refractivity contribution in [1.29, 1.82) is 0 Å². The Bertz CT molecular complexity index is 459. The molecule has 2 rings (SSSR count). The first kappa shape index (κ1) is 11.3. The van der Waals surface area contributed by atoms with Gasteiger partial charge in [-0.05, 0) is 12.1 Å². The molecule has 0 radical (unpaired) electrons. The normalized spacial score (nSPS) is 9.94. The van der Waals surface area contributed by atoms with E-state index in [1.54, 1.807) is 18.6 Å². The number of rotatable bonds is 5. The van der Waals surface area contributed by atoms with Crippen molar-refractivity contribution >= 4 is 11.6 Å². The zero-order valence-corrected chi connectivity index (χ0v) is 9.30. The molecule has 0 amide bonds. The zero-order valence-electron chi connectivity index (χ0n) is 9.30. The third kappa shape index (κ3) is 3.39. The van der Waals surface area contributed by atoms with Gasteiger partial charge in [0.1, 0.15) is 5.82 Å². The van der Waals surface area contributed by atoms with E-state index in [0.717, 1.165) is 18.7 Å². The highest BCUT2D eigenvalue weighted by Gasteiger charge is 1.97. The van der Waals surface area contributed by atoms with Gasteiger partial charge in [0.2, 0.25) is 0 Å². The molecule has 0 saturated carbocycles. The quantitative estimate of drug-likeness (QED) is 0.520. The van der Waals surface area contributed by atoms with Gasteiger partial charge in [-0.3, -0.25) is 9.97 Å². The minimum atomic E-state index is 0.535. The molecule has 0 aromatic carbocycles. The monoisotopic (exact) mass is 230 g/mol. The van der Waals surface area contributed by atoms with E-state index in [1.165, 1.54) is 0 Å². The summed E-state index contributed by atoms with van der Waals surface area (Å²) in [5.41, 5.74) is 3.49. The summed E-state index contributed by atoms with van der Waals surface area (Å²) in [6, 6.07) is 5.87. The molecule has 88 valence electrons. The molecular formula is C11H14N6. The molecule has 0 aliphatic carbocycles. The Balaban J connectivity index is 1.86. The molecule has 0 aliphatic rings. The first-order valence-electron chi connectivity index (χ1n) is 5.31. The second kappa shape index (κ2) is 5.76. The maximum atomic E-state index is 5.25. The van der Waals surface area contributed by atoms with Gasteiger partial charge < -0.3 is 10.7 Å². The van der Waals surface area contributed by atoms with Crippen LogP contribution in [0, 0.1) is 0 Å². The average Bonchev–Trinajstić information content (AvgIpc) is 2.40. The largest absolute Gasteiger partial charge is 0.368 e. The van der Waals surface area contributed by atoms with Crippen LogP contribution in [0.25, 0.3) is 0 Å². The standard InChI is InChI=1S/C11H14N6/c12-17-11-8-13-7-10(16-11)15-6-4-9-3-1-2-5-14-9/h1-3,5,7-8H,4,6,12H2,(H2,15,16,17). The Morgan fingerprint density at radius 3 is 2.82 bits per heavy atom. The highest BCUT2D eigenvalue weighted by Crippen LogP contribution is 2.05. The van der Waals surface area contributed by atoms with Crippen LogP contribution in [0.2, 0.25) is 0 Å². The summed E-state index contributed by atoms with van der Waals surface area (Å²) in [6.45, 7) is 0.750. The summed E-state index contributed by atoms with van der Waals surface area (Å²) >= 11 is 0. The van der Waals surface area contributed by atoms with Crippen molar-refractivity contribution in [1.82, 2.24) is 15.0 Å². The van der Waals surface area contributed by atoms with Crippen LogP contribution in [-0.2, 0) is 6.42 Å². The molecule has 4 N–H and O–H groups in total. The summed E-state index contributed by atoms with van der Waals surface area (Å²) < 4.78 is 0. The molecule has 6 heteroatoms. The van der Waals surface area contributed by atoms with Crippen molar-refractivity contribution in [3.05, 3.63) is 42.5 Å². The van der Waals surface area contributed by atoms with Crippen LogP contribution < -0.4 is 16.6 Å². The fourth-order valence-electron chi connectivity index (χ4n) is 1.39. The molecule has 2 heterocycles. The second-order valence-electron chi connectivity index (χ2n) is 3.43. The molecule has 0 atom stereocenters. The smallest absolute Gasteiger partial charge is 0.160 e. The SMILES string of the molecule is NNc1cncc(NCCc2ccccn2)n1. The van der Waals surface area contributed by atoms with Crippen molar-refractivity contribution in [2.45, 2.75) is 6.42 Å². The maximum Gasteiger partial charge on any atom is 0.160 e. The van der Waals surface area contributed by atoms with Gasteiger partial charge in [0, 0.05) is 24.9 Å². The molecule has 2 aromatic rings. The molecule has 0 fully saturated rings. The van der Waals surface area contributed by atoms with Crippen molar-refractivity contribution in [3.63, 3.8) is 0 Å². The Morgan fingerprint density at radius 1 is 1.18 bits per heavy atom. The lowest BCUT2D eigenvalue weighted by atomic mass is 10.3. The molecule has 17 heavy (non-hydrogen) atoms. The molecule has 0 unspecified atom stereocenters. The summed E-state index contributed by atoms with van der Waals surface area (Å²) in [4.78, 5) is 12.4. The van der Waals surface area contributed by atoms with Gasteiger partial charge in [-0.25, -0.2) is 10.8 Å². The maximum absolute atomic E-state index is 5.25. The first-order valence-corrected chi connectivity index (χ1v) is 5.31. The van der Waals surface area contributed by atoms with E-state index in [0.29, 0.717) is 11.6 Å². The fourth-order valence-corrected chi connectivity index (χ4v) is 1.39. The molecule has 0 aliphatic heterocycles. The average molecular weight is 230 g/mol. The topological polar surface area (TPSA) is 88.8 Å². The van der Waals surface area contributed by atoms with Crippen molar-refractivity contribution in [3.8, 4) is 0 Å². The van der Waals surface area contributed by atoms with Crippen LogP contribution in [0.1, 0.15) is 5.69 Å². The number of nitrogen functional groups attached to an aromatic ring is 1. The van der Waals surface area contributed by atoms with Crippen LogP contribution in [0.15, 0.2) is 36.8 Å². The lowest BCUT2D eigenvalue weighted by Gasteiger charge is -2.06. The minimum Gasteiger partial charge on any atom is -0.368 e. The van der Waals surface area contributed by atoms with Crippen molar-refractivity contribution in [2.24, 2.45) is 5.84 Å². The number of hydrogen-bond donors (Lipinski definition) is 3. The molecule has 6 nitrogen and oxygen atoms in total. The third-order valence-corrected chi connectivity index (χ3v) is 2.20. The lowest BCUT2D eigenvalue weighted by molar-refractivity contribution is 0.950. The van der Waals surface area contributed by atoms with E-state index in [-0.39, 0.29) is 0 Å². The van der Waals surface area contributed by atoms with Crippen LogP contribution in [0.5, 0.6) is 0 Å². The predicted molar refractivity (Wildman–Crippen MR) is 66.3 cm³/mol. The van der Waals surface area contributed by atoms with E-state index in [4.69, 9.17) is 5.84 Å². The van der Waals surface area contributed by atoms with Gasteiger partial charge in [-0.15, -0.1) is 0 Å². The third-order valence-electron chi connectivity index (χ3n) is 2.20. The van der Waals surface area contributed by atoms with Crippen LogP contribution in [-0.4, -0.2) is 21.5 Å². The predicted octanol–water partition coefficient (Wildman–Crippen LogP) is 0.812. The summed E-state index contributed by atoms with van der Waals surface area (Å²) in [6.07, 6.45) is 5.83. The number of pyridine rings is 1. The number of anilines is 2. The molecule has 0 saturated heterocycles. The Morgan fingerprint density at radius 2 is 2.06 bits per heavy atom. The zero-order chi connectivity index (χ0) is 11.9. The summed E-state index contributed by atoms with van der Waals surface area (Å²) in [5, 5.41) is 3.16. The van der Waals surface area contributed by atoms with Crippen LogP contribution in [0.4, 0.5) is 11.6 Å². The number of hydrogen-bond acceptors (Lipinski definition) is 6. The highest BCUT2D eigenvalue weighted by molar-refractivity contribution is 5.40. The van der Waals surface area contributed by atoms with E-state index in [2.05, 4.69) is 25.7 Å². The summed E-state index contributed by atoms with van der Waals surface area (Å²) in [7, 11) is 0. The van der Waals surface area contributed by atoms with E-state index >= 15 is 0 Å². The van der Waals surface area contributed by atoms with E-state index < -0.39 is 0 Å². The van der Waals surface area contributed by atoms with Gasteiger partial charge in [-0.1, -0.05) is 6.07 Å². The molecular weight excluding hydrogens is 216 g/mol. The van der Waals surface area contributed by atoms with E-state index in [9.17, 15) is 0 Å². The number of nitrogens with two attached hydrogens (primary N) is 1. The Hall–Kier alpha value is -2.21. The van der Waals surface area contributed by atoms with Gasteiger partial charge in [0.15, 0.2) is 5.82 Å².